The molecule has 26 heavy (non-hydrogen) atoms. The summed E-state index contributed by atoms with van der Waals surface area (Å²) in [7, 11) is 0. The zero-order valence-electron chi connectivity index (χ0n) is 13.9. The van der Waals surface area contributed by atoms with Crippen molar-refractivity contribution in [3.63, 3.8) is 0 Å². The Morgan fingerprint density at radius 2 is 1.35 bits per heavy atom. The smallest absolute Gasteiger partial charge is 0.167 e. The van der Waals surface area contributed by atoms with E-state index in [0.29, 0.717) is 0 Å². The number of benzene rings is 3. The maximum absolute atomic E-state index is 4.77. The van der Waals surface area contributed by atoms with Gasteiger partial charge in [0.1, 0.15) is 0 Å². The summed E-state index contributed by atoms with van der Waals surface area (Å²) in [5.74, 6) is 0.823. The van der Waals surface area contributed by atoms with Crippen LogP contribution in [0.3, 0.4) is 0 Å². The fourth-order valence-corrected chi connectivity index (χ4v) is 3.80. The first-order valence-electron chi connectivity index (χ1n) is 8.43. The maximum atomic E-state index is 4.77. The molecule has 2 aromatic heterocycles. The van der Waals surface area contributed by atoms with Gasteiger partial charge in [0.2, 0.25) is 0 Å². The van der Waals surface area contributed by atoms with Gasteiger partial charge in [0.05, 0.1) is 16.7 Å². The van der Waals surface area contributed by atoms with E-state index >= 15 is 0 Å². The Kier molecular flexibility index (Phi) is 3.61. The fraction of sp³-hybridized carbons (Fsp3) is 0. The van der Waals surface area contributed by atoms with Crippen LogP contribution in [0.2, 0.25) is 0 Å². The molecule has 3 nitrogen and oxygen atoms in total. The van der Waals surface area contributed by atoms with Crippen LogP contribution in [-0.4, -0.2) is 15.0 Å². The Morgan fingerprint density at radius 1 is 0.654 bits per heavy atom. The van der Waals surface area contributed by atoms with E-state index in [1.807, 2.05) is 30.3 Å². The Labute approximate surface area is 155 Å². The van der Waals surface area contributed by atoms with E-state index in [9.17, 15) is 0 Å². The van der Waals surface area contributed by atoms with Crippen LogP contribution >= 0.6 is 11.3 Å². The molecule has 2 heterocycles. The van der Waals surface area contributed by atoms with Crippen molar-refractivity contribution in [1.82, 2.24) is 15.0 Å². The quantitative estimate of drug-likeness (QED) is 0.431. The van der Waals surface area contributed by atoms with E-state index in [-0.39, 0.29) is 0 Å². The second-order valence-electron chi connectivity index (χ2n) is 6.08. The van der Waals surface area contributed by atoms with Crippen molar-refractivity contribution < 1.29 is 0 Å². The van der Waals surface area contributed by atoms with E-state index in [2.05, 4.69) is 63.9 Å². The zero-order valence-corrected chi connectivity index (χ0v) is 14.7. The lowest BCUT2D eigenvalue weighted by Crippen LogP contribution is -1.82. The molecule has 0 fully saturated rings. The zero-order chi connectivity index (χ0) is 17.3. The van der Waals surface area contributed by atoms with Crippen LogP contribution in [0.1, 0.15) is 0 Å². The molecule has 0 spiro atoms. The number of aromatic amines is 1. The average molecular weight is 353 g/mol. The summed E-state index contributed by atoms with van der Waals surface area (Å²) in [5, 5.41) is 2.99. The van der Waals surface area contributed by atoms with Crippen LogP contribution in [0.25, 0.3) is 44.2 Å². The van der Waals surface area contributed by atoms with Crippen molar-refractivity contribution >= 4 is 22.4 Å². The second kappa shape index (κ2) is 6.24. The summed E-state index contributed by atoms with van der Waals surface area (Å²) in [6.07, 6.45) is 0. The van der Waals surface area contributed by atoms with Crippen LogP contribution < -0.4 is 0 Å². The Bertz CT molecular complexity index is 1140. The van der Waals surface area contributed by atoms with E-state index in [4.69, 9.17) is 4.98 Å². The van der Waals surface area contributed by atoms with Crippen LogP contribution in [0.5, 0.6) is 0 Å². The number of aromatic nitrogens is 3. The van der Waals surface area contributed by atoms with Gasteiger partial charge in [-0.15, -0.1) is 11.3 Å². The molecule has 0 saturated carbocycles. The number of fused-ring (bicyclic) bond motifs is 1. The normalized spacial score (nSPS) is 11.1. The number of hydrogen-bond donors (Lipinski definition) is 1. The summed E-state index contributed by atoms with van der Waals surface area (Å²) in [4.78, 5) is 12.8. The van der Waals surface area contributed by atoms with Gasteiger partial charge in [-0.2, -0.15) is 0 Å². The highest BCUT2D eigenvalue weighted by Crippen LogP contribution is 2.30. The first kappa shape index (κ1) is 15.0. The van der Waals surface area contributed by atoms with Gasteiger partial charge >= 0.3 is 0 Å². The molecular weight excluding hydrogens is 338 g/mol. The first-order valence-corrected chi connectivity index (χ1v) is 9.31. The lowest BCUT2D eigenvalue weighted by atomic mass is 10.0. The van der Waals surface area contributed by atoms with Gasteiger partial charge in [0.25, 0.3) is 0 Å². The summed E-state index contributed by atoms with van der Waals surface area (Å²) < 4.78 is 0. The van der Waals surface area contributed by atoms with Crippen molar-refractivity contribution in [3.8, 4) is 33.2 Å². The summed E-state index contributed by atoms with van der Waals surface area (Å²) in [5.41, 5.74) is 6.52. The van der Waals surface area contributed by atoms with Crippen molar-refractivity contribution in [2.24, 2.45) is 0 Å². The standard InChI is InChI=1S/C22H15N3S/c1-2-6-15(7-3-1)16-10-12-17(13-11-16)20-14-26-22(25-20)21-23-18-8-4-5-9-19(18)24-21/h1-14H,(H,23,24). The van der Waals surface area contributed by atoms with Gasteiger partial charge in [-0.3, -0.25) is 0 Å². The number of para-hydroxylation sites is 2. The molecule has 124 valence electrons. The van der Waals surface area contributed by atoms with Crippen molar-refractivity contribution in [3.05, 3.63) is 84.2 Å². The molecule has 0 unspecified atom stereocenters. The molecule has 0 amide bonds. The molecule has 0 aliphatic carbocycles. The molecular formula is C22H15N3S. The average Bonchev–Trinajstić information content (AvgIpc) is 3.36. The van der Waals surface area contributed by atoms with E-state index in [1.165, 1.54) is 11.1 Å². The van der Waals surface area contributed by atoms with E-state index in [1.54, 1.807) is 11.3 Å². The molecule has 0 aliphatic rings. The minimum Gasteiger partial charge on any atom is -0.336 e. The number of nitrogens with one attached hydrogen (secondary N) is 1. The third-order valence-corrected chi connectivity index (χ3v) is 5.23. The highest BCUT2D eigenvalue weighted by Gasteiger charge is 2.11. The van der Waals surface area contributed by atoms with Crippen LogP contribution in [0.4, 0.5) is 0 Å². The molecule has 0 atom stereocenters. The van der Waals surface area contributed by atoms with E-state index < -0.39 is 0 Å². The molecule has 0 radical (unpaired) electrons. The Hall–Kier alpha value is -3.24. The van der Waals surface area contributed by atoms with Crippen LogP contribution in [0.15, 0.2) is 84.2 Å². The number of thiazole rings is 1. The largest absolute Gasteiger partial charge is 0.336 e. The molecule has 0 saturated heterocycles. The topological polar surface area (TPSA) is 41.6 Å². The number of H-pyrrole nitrogens is 1. The third kappa shape index (κ3) is 2.70. The van der Waals surface area contributed by atoms with Crippen LogP contribution in [0, 0.1) is 0 Å². The number of imidazole rings is 1. The molecule has 0 aliphatic heterocycles. The first-order chi connectivity index (χ1) is 12.9. The van der Waals surface area contributed by atoms with Gasteiger partial charge < -0.3 is 4.98 Å². The molecule has 5 aromatic rings. The molecule has 5 rings (SSSR count). The molecule has 0 bridgehead atoms. The maximum Gasteiger partial charge on any atom is 0.167 e. The minimum absolute atomic E-state index is 0.823. The number of rotatable bonds is 3. The third-order valence-electron chi connectivity index (χ3n) is 4.38. The minimum atomic E-state index is 0.823. The summed E-state index contributed by atoms with van der Waals surface area (Å²) in [6.45, 7) is 0. The van der Waals surface area contributed by atoms with Gasteiger partial charge in [-0.25, -0.2) is 9.97 Å². The van der Waals surface area contributed by atoms with Crippen LogP contribution in [-0.2, 0) is 0 Å². The SMILES string of the molecule is c1ccc(-c2ccc(-c3csc(-c4nc5ccccc5[nH]4)n3)cc2)cc1. The van der Waals surface area contributed by atoms with E-state index in [0.717, 1.165) is 33.1 Å². The lowest BCUT2D eigenvalue weighted by Gasteiger charge is -2.02. The fourth-order valence-electron chi connectivity index (χ4n) is 3.03. The van der Waals surface area contributed by atoms with Crippen molar-refractivity contribution in [1.29, 1.82) is 0 Å². The Balaban J connectivity index is 1.46. The second-order valence-corrected chi connectivity index (χ2v) is 6.94. The van der Waals surface area contributed by atoms with Gasteiger partial charge in [0.15, 0.2) is 10.8 Å². The van der Waals surface area contributed by atoms with Gasteiger partial charge in [-0.1, -0.05) is 66.7 Å². The lowest BCUT2D eigenvalue weighted by molar-refractivity contribution is 1.29. The number of nitrogens with zero attached hydrogens (tertiary/aromatic N) is 2. The van der Waals surface area contributed by atoms with Crippen molar-refractivity contribution in [2.75, 3.05) is 0 Å². The molecule has 3 aromatic carbocycles. The molecule has 1 N–H and O–H groups in total. The number of hydrogen-bond acceptors (Lipinski definition) is 3. The highest BCUT2D eigenvalue weighted by atomic mass is 32.1. The summed E-state index contributed by atoms with van der Waals surface area (Å²) >= 11 is 1.61. The summed E-state index contributed by atoms with van der Waals surface area (Å²) in [6, 6.07) is 27.0. The monoisotopic (exact) mass is 353 g/mol. The van der Waals surface area contributed by atoms with Gasteiger partial charge in [0, 0.05) is 10.9 Å². The predicted molar refractivity (Wildman–Crippen MR) is 108 cm³/mol. The Morgan fingerprint density at radius 3 is 2.15 bits per heavy atom. The van der Waals surface area contributed by atoms with Gasteiger partial charge in [-0.05, 0) is 23.3 Å². The highest BCUT2D eigenvalue weighted by molar-refractivity contribution is 7.13. The van der Waals surface area contributed by atoms with Crippen molar-refractivity contribution in [2.45, 2.75) is 0 Å². The predicted octanol–water partition coefficient (Wildman–Crippen LogP) is 6.02. The molecule has 4 heteroatoms.